The molecule has 0 aromatic heterocycles. The third kappa shape index (κ3) is 9.43. The SMILES string of the molecule is COCCN(CC(=O)O)C(=O)NC(C)CCS(C)=O. The summed E-state index contributed by atoms with van der Waals surface area (Å²) in [7, 11) is 0.578. The molecule has 2 N–H and O–H groups in total. The number of hydrogen-bond acceptors (Lipinski definition) is 4. The molecule has 0 aliphatic carbocycles. The summed E-state index contributed by atoms with van der Waals surface area (Å²) >= 11 is 0. The molecule has 0 spiro atoms. The van der Waals surface area contributed by atoms with Crippen LogP contribution in [0.15, 0.2) is 0 Å². The smallest absolute Gasteiger partial charge is 0.323 e. The van der Waals surface area contributed by atoms with Crippen molar-refractivity contribution in [2.45, 2.75) is 19.4 Å². The van der Waals surface area contributed by atoms with Gasteiger partial charge in [0.05, 0.1) is 6.61 Å². The van der Waals surface area contributed by atoms with Gasteiger partial charge in [-0.15, -0.1) is 0 Å². The van der Waals surface area contributed by atoms with Crippen LogP contribution in [0.3, 0.4) is 0 Å². The van der Waals surface area contributed by atoms with Gasteiger partial charge in [-0.3, -0.25) is 9.00 Å². The van der Waals surface area contributed by atoms with E-state index in [-0.39, 0.29) is 25.7 Å². The normalized spacial score (nSPS) is 13.6. The highest BCUT2D eigenvalue weighted by Crippen LogP contribution is 1.97. The molecule has 0 bridgehead atoms. The molecule has 0 aliphatic heterocycles. The number of carboxylic acid groups (broad SMARTS) is 1. The van der Waals surface area contributed by atoms with Gasteiger partial charge in [-0.1, -0.05) is 0 Å². The maximum absolute atomic E-state index is 11.9. The summed E-state index contributed by atoms with van der Waals surface area (Å²) in [4.78, 5) is 23.7. The highest BCUT2D eigenvalue weighted by atomic mass is 32.2. The largest absolute Gasteiger partial charge is 0.480 e. The first-order valence-electron chi connectivity index (χ1n) is 5.93. The lowest BCUT2D eigenvalue weighted by molar-refractivity contribution is -0.137. The molecule has 0 saturated carbocycles. The Labute approximate surface area is 115 Å². The average Bonchev–Trinajstić information content (AvgIpc) is 2.31. The van der Waals surface area contributed by atoms with Gasteiger partial charge in [0.2, 0.25) is 0 Å². The van der Waals surface area contributed by atoms with E-state index >= 15 is 0 Å². The average molecular weight is 294 g/mol. The number of aliphatic carboxylic acids is 1. The van der Waals surface area contributed by atoms with Gasteiger partial charge in [0, 0.05) is 42.5 Å². The van der Waals surface area contributed by atoms with E-state index in [4.69, 9.17) is 9.84 Å². The summed E-state index contributed by atoms with van der Waals surface area (Å²) in [5, 5.41) is 11.4. The van der Waals surface area contributed by atoms with Crippen LogP contribution < -0.4 is 5.32 Å². The van der Waals surface area contributed by atoms with E-state index in [0.29, 0.717) is 12.2 Å². The van der Waals surface area contributed by atoms with Gasteiger partial charge in [-0.2, -0.15) is 0 Å². The second kappa shape index (κ2) is 9.74. The van der Waals surface area contributed by atoms with Crippen LogP contribution in [0.2, 0.25) is 0 Å². The Morgan fingerprint density at radius 1 is 1.47 bits per heavy atom. The molecule has 112 valence electrons. The van der Waals surface area contributed by atoms with Crippen molar-refractivity contribution in [3.63, 3.8) is 0 Å². The Kier molecular flexibility index (Phi) is 9.15. The Balaban J connectivity index is 4.28. The minimum Gasteiger partial charge on any atom is -0.480 e. The molecule has 0 rings (SSSR count). The van der Waals surface area contributed by atoms with Crippen LogP contribution in [-0.2, 0) is 20.3 Å². The number of carboxylic acids is 1. The molecule has 2 atom stereocenters. The molecule has 7 nitrogen and oxygen atoms in total. The van der Waals surface area contributed by atoms with Crippen molar-refractivity contribution in [3.05, 3.63) is 0 Å². The first-order valence-corrected chi connectivity index (χ1v) is 7.65. The predicted octanol–water partition coefficient (Wildman–Crippen LogP) is -0.114. The molecule has 0 aromatic carbocycles. The van der Waals surface area contributed by atoms with Gasteiger partial charge in [-0.05, 0) is 13.3 Å². The van der Waals surface area contributed by atoms with Crippen molar-refractivity contribution < 1.29 is 23.6 Å². The summed E-state index contributed by atoms with van der Waals surface area (Å²) in [6.45, 7) is 1.90. The number of amides is 2. The Morgan fingerprint density at radius 3 is 2.58 bits per heavy atom. The summed E-state index contributed by atoms with van der Waals surface area (Å²) in [6, 6.07) is -0.607. The van der Waals surface area contributed by atoms with Gasteiger partial charge in [0.25, 0.3) is 0 Å². The molecular formula is C11H22N2O5S. The first-order chi connectivity index (χ1) is 8.86. The van der Waals surface area contributed by atoms with Gasteiger partial charge < -0.3 is 20.1 Å². The minimum absolute atomic E-state index is 0.157. The fourth-order valence-corrected chi connectivity index (χ4v) is 2.02. The van der Waals surface area contributed by atoms with E-state index in [2.05, 4.69) is 5.32 Å². The van der Waals surface area contributed by atoms with E-state index in [1.165, 1.54) is 12.0 Å². The predicted molar refractivity (Wildman–Crippen MR) is 72.6 cm³/mol. The fraction of sp³-hybridized carbons (Fsp3) is 0.818. The lowest BCUT2D eigenvalue weighted by Gasteiger charge is -2.23. The van der Waals surface area contributed by atoms with Crippen molar-refractivity contribution >= 4 is 22.8 Å². The van der Waals surface area contributed by atoms with Crippen LogP contribution >= 0.6 is 0 Å². The van der Waals surface area contributed by atoms with Crippen molar-refractivity contribution in [1.82, 2.24) is 10.2 Å². The maximum Gasteiger partial charge on any atom is 0.323 e. The molecule has 19 heavy (non-hydrogen) atoms. The number of nitrogens with zero attached hydrogens (tertiary/aromatic N) is 1. The number of hydrogen-bond donors (Lipinski definition) is 2. The molecule has 2 unspecified atom stereocenters. The Hall–Kier alpha value is -1.15. The summed E-state index contributed by atoms with van der Waals surface area (Å²) < 4.78 is 15.8. The van der Waals surface area contributed by atoms with Crippen molar-refractivity contribution in [2.75, 3.05) is 38.8 Å². The summed E-state index contributed by atoms with van der Waals surface area (Å²) in [5.74, 6) is -0.577. The molecule has 0 aliphatic rings. The lowest BCUT2D eigenvalue weighted by Crippen LogP contribution is -2.47. The molecular weight excluding hydrogens is 272 g/mol. The van der Waals surface area contributed by atoms with Gasteiger partial charge >= 0.3 is 12.0 Å². The molecule has 2 amide bonds. The maximum atomic E-state index is 11.9. The molecule has 0 saturated heterocycles. The molecule has 0 heterocycles. The summed E-state index contributed by atoms with van der Waals surface area (Å²) in [6.07, 6.45) is 2.18. The van der Waals surface area contributed by atoms with Crippen LogP contribution in [0.4, 0.5) is 4.79 Å². The zero-order chi connectivity index (χ0) is 14.8. The number of carbonyl (C=O) groups excluding carboxylic acids is 1. The molecule has 0 aromatic rings. The fourth-order valence-electron chi connectivity index (χ4n) is 1.33. The standard InChI is InChI=1S/C11H22N2O5S/c1-9(4-7-19(3)17)12-11(16)13(5-6-18-2)8-10(14)15/h9H,4-8H2,1-3H3,(H,12,16)(H,14,15). The molecule has 0 radical (unpaired) electrons. The molecule has 8 heteroatoms. The van der Waals surface area contributed by atoms with Crippen LogP contribution in [0.25, 0.3) is 0 Å². The van der Waals surface area contributed by atoms with Gasteiger partial charge in [-0.25, -0.2) is 4.79 Å². The number of rotatable bonds is 9. The molecule has 0 fully saturated rings. The Bertz CT molecular complexity index is 324. The number of methoxy groups -OCH3 is 1. The second-order valence-corrected chi connectivity index (χ2v) is 5.78. The second-order valence-electron chi connectivity index (χ2n) is 4.22. The third-order valence-electron chi connectivity index (χ3n) is 2.39. The number of ether oxygens (including phenoxy) is 1. The van der Waals surface area contributed by atoms with Crippen molar-refractivity contribution in [2.24, 2.45) is 0 Å². The zero-order valence-electron chi connectivity index (χ0n) is 11.5. The van der Waals surface area contributed by atoms with Crippen LogP contribution in [0, 0.1) is 0 Å². The van der Waals surface area contributed by atoms with Crippen molar-refractivity contribution in [3.8, 4) is 0 Å². The van der Waals surface area contributed by atoms with Crippen LogP contribution in [0.5, 0.6) is 0 Å². The summed E-state index contributed by atoms with van der Waals surface area (Å²) in [5.41, 5.74) is 0. The topological polar surface area (TPSA) is 95.9 Å². The van der Waals surface area contributed by atoms with Crippen LogP contribution in [-0.4, -0.2) is 71.1 Å². The van der Waals surface area contributed by atoms with Gasteiger partial charge in [0.1, 0.15) is 6.54 Å². The highest BCUT2D eigenvalue weighted by molar-refractivity contribution is 7.84. The number of urea groups is 1. The van der Waals surface area contributed by atoms with Crippen molar-refractivity contribution in [1.29, 1.82) is 0 Å². The third-order valence-corrected chi connectivity index (χ3v) is 3.20. The first kappa shape index (κ1) is 17.8. The lowest BCUT2D eigenvalue weighted by atomic mass is 10.3. The van der Waals surface area contributed by atoms with E-state index in [0.717, 1.165) is 0 Å². The van der Waals surface area contributed by atoms with E-state index < -0.39 is 22.8 Å². The Morgan fingerprint density at radius 2 is 2.11 bits per heavy atom. The van der Waals surface area contributed by atoms with Crippen LogP contribution in [0.1, 0.15) is 13.3 Å². The number of nitrogens with one attached hydrogen (secondary N) is 1. The number of carbonyl (C=O) groups is 2. The highest BCUT2D eigenvalue weighted by Gasteiger charge is 2.18. The van der Waals surface area contributed by atoms with Gasteiger partial charge in [0.15, 0.2) is 0 Å². The van der Waals surface area contributed by atoms with E-state index in [1.54, 1.807) is 13.2 Å². The van der Waals surface area contributed by atoms with E-state index in [1.807, 2.05) is 0 Å². The zero-order valence-corrected chi connectivity index (χ0v) is 12.4. The quantitative estimate of drug-likeness (QED) is 0.618. The minimum atomic E-state index is -1.08. The monoisotopic (exact) mass is 294 g/mol. The van der Waals surface area contributed by atoms with E-state index in [9.17, 15) is 13.8 Å².